The summed E-state index contributed by atoms with van der Waals surface area (Å²) in [6.45, 7) is 0.726. The molecule has 0 aliphatic heterocycles. The fourth-order valence-electron chi connectivity index (χ4n) is 2.59. The average Bonchev–Trinajstić information content (AvgIpc) is 3.14. The first-order chi connectivity index (χ1) is 14.0. The minimum atomic E-state index is -3.91. The van der Waals surface area contributed by atoms with Gasteiger partial charge in [0.15, 0.2) is 0 Å². The third kappa shape index (κ3) is 6.73. The summed E-state index contributed by atoms with van der Waals surface area (Å²) in [4.78, 5) is 22.9. The number of ether oxygens (including phenoxy) is 1. The summed E-state index contributed by atoms with van der Waals surface area (Å²) in [6.07, 6.45) is 2.27. The van der Waals surface area contributed by atoms with Gasteiger partial charge in [0.1, 0.15) is 0 Å². The maximum atomic E-state index is 12.3. The number of rotatable bonds is 11. The Bertz CT molecular complexity index is 977. The van der Waals surface area contributed by atoms with E-state index < -0.39 is 20.0 Å². The molecule has 0 radical (unpaired) electrons. The summed E-state index contributed by atoms with van der Waals surface area (Å²) in [5.41, 5.74) is 2.16. The number of nitrogens with zero attached hydrogens (tertiary/aromatic N) is 4. The van der Waals surface area contributed by atoms with E-state index in [0.717, 1.165) is 5.56 Å². The molecule has 2 aromatic heterocycles. The summed E-state index contributed by atoms with van der Waals surface area (Å²) in [7, 11) is -3.91. The first-order valence-corrected chi connectivity index (χ1v) is 14.4. The SMILES string of the molecule is O=P(O)(CO[C@H](C[O][Tl])Cn1cnc2c([NH][Tl])ncnc21)OCc1ccccc1. The van der Waals surface area contributed by atoms with Crippen molar-refractivity contribution in [2.45, 2.75) is 19.3 Å². The molecule has 10 nitrogen and oxygen atoms in total. The van der Waals surface area contributed by atoms with Crippen molar-refractivity contribution >= 4 is 76.9 Å². The van der Waals surface area contributed by atoms with Gasteiger partial charge in [-0.3, -0.25) is 0 Å². The summed E-state index contributed by atoms with van der Waals surface area (Å²) in [5, 5.41) is 0. The van der Waals surface area contributed by atoms with E-state index in [0.29, 0.717) is 82.4 Å². The van der Waals surface area contributed by atoms with E-state index in [1.165, 1.54) is 6.33 Å². The molecule has 0 saturated carbocycles. The molecule has 2 N–H and O–H groups in total. The van der Waals surface area contributed by atoms with E-state index in [2.05, 4.69) is 18.1 Å². The fourth-order valence-corrected chi connectivity index (χ4v) is 5.07. The van der Waals surface area contributed by atoms with Crippen LogP contribution in [0.2, 0.25) is 0 Å². The maximum absolute atomic E-state index is 12.3. The van der Waals surface area contributed by atoms with Crippen LogP contribution in [0.15, 0.2) is 43.0 Å². The monoisotopic (exact) mass is 801 g/mol. The van der Waals surface area contributed by atoms with Gasteiger partial charge in [-0.15, -0.1) is 0 Å². The Labute approximate surface area is 200 Å². The normalized spacial score (nSPS) is 14.4. The number of nitrogens with one attached hydrogen (secondary N) is 1. The molecule has 0 aliphatic rings. The molecule has 13 heteroatoms. The summed E-state index contributed by atoms with van der Waals surface area (Å²) in [6, 6.07) is 9.22. The number of anilines is 1. The van der Waals surface area contributed by atoms with Gasteiger partial charge in [0, 0.05) is 0 Å². The Morgan fingerprint density at radius 2 is 2.03 bits per heavy atom. The van der Waals surface area contributed by atoms with Gasteiger partial charge in [-0.1, -0.05) is 0 Å². The molecule has 1 aromatic carbocycles. The van der Waals surface area contributed by atoms with Crippen molar-refractivity contribution in [2.75, 3.05) is 16.1 Å². The molecular weight excluding hydrogens is 782 g/mol. The van der Waals surface area contributed by atoms with Crippen molar-refractivity contribution in [2.24, 2.45) is 0 Å². The van der Waals surface area contributed by atoms with Crippen molar-refractivity contribution in [1.29, 1.82) is 0 Å². The number of benzene rings is 1. The van der Waals surface area contributed by atoms with E-state index in [9.17, 15) is 9.46 Å². The topological polar surface area (TPSA) is 121 Å². The van der Waals surface area contributed by atoms with E-state index in [4.69, 9.17) is 11.9 Å². The zero-order valence-corrected chi connectivity index (χ0v) is 25.3. The predicted octanol–water partition coefficient (Wildman–Crippen LogP) is 1.17. The molecule has 3 aromatic rings. The van der Waals surface area contributed by atoms with Crippen molar-refractivity contribution in [3.63, 3.8) is 0 Å². The zero-order valence-electron chi connectivity index (χ0n) is 15.4. The number of fused-ring (bicyclic) bond motifs is 1. The molecule has 0 aliphatic carbocycles. The minimum absolute atomic E-state index is 0.0427. The second kappa shape index (κ2) is 11.2. The Morgan fingerprint density at radius 3 is 2.76 bits per heavy atom. The Balaban J connectivity index is 1.62. The number of hydrogen-bond acceptors (Lipinski definition) is 8. The second-order valence-corrected chi connectivity index (χ2v) is 10.3. The average molecular weight is 800 g/mol. The molecule has 148 valence electrons. The van der Waals surface area contributed by atoms with Crippen LogP contribution in [-0.4, -0.2) is 95.8 Å². The van der Waals surface area contributed by atoms with Crippen LogP contribution in [0, 0.1) is 0 Å². The van der Waals surface area contributed by atoms with Gasteiger partial charge in [-0.2, -0.15) is 0 Å². The number of aromatic nitrogens is 4. The van der Waals surface area contributed by atoms with Crippen molar-refractivity contribution in [1.82, 2.24) is 19.5 Å². The Kier molecular flexibility index (Phi) is 8.94. The summed E-state index contributed by atoms with van der Waals surface area (Å²) in [5.74, 6) is 0.700. The van der Waals surface area contributed by atoms with Crippen LogP contribution in [0.3, 0.4) is 0 Å². The molecule has 0 spiro atoms. The van der Waals surface area contributed by atoms with Crippen LogP contribution < -0.4 is 3.13 Å². The first kappa shape index (κ1) is 23.2. The van der Waals surface area contributed by atoms with Gasteiger partial charge < -0.3 is 0 Å². The number of imidazole rings is 1. The van der Waals surface area contributed by atoms with Crippen molar-refractivity contribution < 1.29 is 21.4 Å². The zero-order chi connectivity index (χ0) is 20.7. The molecule has 2 heterocycles. The van der Waals surface area contributed by atoms with Gasteiger partial charge in [-0.25, -0.2) is 0 Å². The number of hydrogen-bond donors (Lipinski definition) is 2. The quantitative estimate of drug-likeness (QED) is 0.218. The van der Waals surface area contributed by atoms with Gasteiger partial charge in [0.25, 0.3) is 0 Å². The third-order valence-corrected chi connectivity index (χ3v) is 6.79. The van der Waals surface area contributed by atoms with Gasteiger partial charge >= 0.3 is 202 Å². The standard InChI is InChI=1S/C16H18N5O5P.2Tl/c17-15-14-16(19-9-18-15)21(10-20-14)6-13(7-22)25-11-27(23,24)26-8-12-4-2-1-3-5-12;;/h1-5,9-10,13H,6-8,11H2,(H2-,17,18,19,23,24);;/q-2;2*+1/t13-;;/m0../s1. The van der Waals surface area contributed by atoms with Crippen molar-refractivity contribution in [3.05, 3.63) is 48.5 Å². The molecule has 3 rings (SSSR count). The molecule has 1 unspecified atom stereocenters. The summed E-state index contributed by atoms with van der Waals surface area (Å²) >= 11 is 0.860. The third-order valence-electron chi connectivity index (χ3n) is 3.97. The first-order valence-electron chi connectivity index (χ1n) is 8.58. The second-order valence-electron chi connectivity index (χ2n) is 6.08. The van der Waals surface area contributed by atoms with Gasteiger partial charge in [0.05, 0.1) is 0 Å². The Hall–Kier alpha value is -0.516. The van der Waals surface area contributed by atoms with E-state index in [1.54, 1.807) is 6.33 Å². The van der Waals surface area contributed by atoms with Crippen LogP contribution >= 0.6 is 7.60 Å². The van der Waals surface area contributed by atoms with Gasteiger partial charge in [-0.05, 0) is 0 Å². The van der Waals surface area contributed by atoms with Crippen LogP contribution in [0.5, 0.6) is 0 Å². The Morgan fingerprint density at radius 1 is 1.24 bits per heavy atom. The fraction of sp³-hybridized carbons (Fsp3) is 0.312. The molecule has 0 amide bonds. The molecule has 0 saturated heterocycles. The molecular formula is C16H18N5O5PTl2. The van der Waals surface area contributed by atoms with Crippen LogP contribution in [0.25, 0.3) is 11.2 Å². The van der Waals surface area contributed by atoms with Crippen molar-refractivity contribution in [3.8, 4) is 0 Å². The molecule has 29 heavy (non-hydrogen) atoms. The van der Waals surface area contributed by atoms with E-state index >= 15 is 0 Å². The molecule has 0 fully saturated rings. The predicted molar refractivity (Wildman–Crippen MR) is 107 cm³/mol. The van der Waals surface area contributed by atoms with Crippen LogP contribution in [0.4, 0.5) is 5.82 Å². The molecule has 2 atom stereocenters. The van der Waals surface area contributed by atoms with Gasteiger partial charge in [0.2, 0.25) is 0 Å². The molecule has 0 bridgehead atoms. The van der Waals surface area contributed by atoms with E-state index in [1.807, 2.05) is 34.9 Å². The van der Waals surface area contributed by atoms with Crippen LogP contribution in [0.1, 0.15) is 5.56 Å². The summed E-state index contributed by atoms with van der Waals surface area (Å²) < 4.78 is 33.5. The van der Waals surface area contributed by atoms with Crippen LogP contribution in [-0.2, 0) is 29.7 Å². The van der Waals surface area contributed by atoms with E-state index in [-0.39, 0.29) is 6.61 Å².